The summed E-state index contributed by atoms with van der Waals surface area (Å²) in [5.41, 5.74) is 4.08. The van der Waals surface area contributed by atoms with E-state index in [0.717, 1.165) is 46.5 Å². The normalized spacial score (nSPS) is 17.7. The van der Waals surface area contributed by atoms with Crippen molar-refractivity contribution in [2.75, 3.05) is 13.2 Å². The highest BCUT2D eigenvalue weighted by Gasteiger charge is 2.55. The number of aldehydes is 1. The summed E-state index contributed by atoms with van der Waals surface area (Å²) >= 11 is 3.59. The Morgan fingerprint density at radius 3 is 2.22 bits per heavy atom. The van der Waals surface area contributed by atoms with Crippen molar-refractivity contribution < 1.29 is 19.2 Å². The van der Waals surface area contributed by atoms with Crippen LogP contribution in [0.3, 0.4) is 0 Å². The second-order valence-electron chi connectivity index (χ2n) is 12.0. The summed E-state index contributed by atoms with van der Waals surface area (Å²) in [6.07, 6.45) is 21.7. The Morgan fingerprint density at radius 1 is 1.13 bits per heavy atom. The Bertz CT molecular complexity index is 1210. The minimum Gasteiger partial charge on any atom is -0.395 e. The van der Waals surface area contributed by atoms with Crippen LogP contribution in [0.4, 0.5) is 0 Å². The average Bonchev–Trinajstić information content (AvgIpc) is 3.52. The SMILES string of the molecule is C=CC(=O)C(C)CC.CC.CC1=CC=C[N+]12CC2CCc1cn(CCO)c2ccc(Br)cc12.CCCC(CC)CC.CCCC=O. The zero-order chi connectivity index (χ0) is 35.1. The van der Waals surface area contributed by atoms with Gasteiger partial charge in [-0.1, -0.05) is 104 Å². The molecule has 6 heteroatoms. The zero-order valence-electron chi connectivity index (χ0n) is 30.7. The lowest BCUT2D eigenvalue weighted by atomic mass is 9.98. The smallest absolute Gasteiger partial charge is 0.157 e. The van der Waals surface area contributed by atoms with Gasteiger partial charge < -0.3 is 14.5 Å². The quantitative estimate of drug-likeness (QED) is 0.0923. The molecule has 4 rings (SSSR count). The highest BCUT2D eigenvalue weighted by Crippen LogP contribution is 2.43. The number of aromatic nitrogens is 1. The lowest BCUT2D eigenvalue weighted by molar-refractivity contribution is -0.712. The van der Waals surface area contributed by atoms with Crippen LogP contribution in [-0.4, -0.2) is 45.4 Å². The Balaban J connectivity index is 0.000000729. The predicted octanol–water partition coefficient (Wildman–Crippen LogP) is 11.0. The molecule has 0 bridgehead atoms. The number of aliphatic hydroxyl groups excluding tert-OH is 1. The molecule has 0 saturated carbocycles. The monoisotopic (exact) mass is 701 g/mol. The molecule has 0 radical (unpaired) electrons. The van der Waals surface area contributed by atoms with Gasteiger partial charge in [0.2, 0.25) is 0 Å². The number of aliphatic hydroxyl groups is 1. The van der Waals surface area contributed by atoms with Crippen LogP contribution in [0.15, 0.2) is 65.6 Å². The number of aryl methyl sites for hydroxylation is 1. The number of quaternary nitrogens is 1. The first kappa shape index (κ1) is 43.7. The molecule has 1 fully saturated rings. The highest BCUT2D eigenvalue weighted by molar-refractivity contribution is 9.10. The summed E-state index contributed by atoms with van der Waals surface area (Å²) in [6.45, 7) is 24.4. The lowest BCUT2D eigenvalue weighted by Crippen LogP contribution is -2.17. The number of unbranched alkanes of at least 4 members (excludes halogenated alkanes) is 1. The van der Waals surface area contributed by atoms with Crippen molar-refractivity contribution in [3.63, 3.8) is 0 Å². The van der Waals surface area contributed by atoms with Crippen LogP contribution in [0, 0.1) is 11.8 Å². The highest BCUT2D eigenvalue weighted by atomic mass is 79.9. The third kappa shape index (κ3) is 14.2. The van der Waals surface area contributed by atoms with Gasteiger partial charge in [-0.3, -0.25) is 9.28 Å². The molecule has 46 heavy (non-hydrogen) atoms. The van der Waals surface area contributed by atoms with Crippen molar-refractivity contribution in [1.29, 1.82) is 0 Å². The van der Waals surface area contributed by atoms with Crippen molar-refractivity contribution in [1.82, 2.24) is 4.57 Å². The van der Waals surface area contributed by atoms with Crippen LogP contribution < -0.4 is 0 Å². The van der Waals surface area contributed by atoms with E-state index >= 15 is 0 Å². The Kier molecular flexibility index (Phi) is 23.6. The van der Waals surface area contributed by atoms with Gasteiger partial charge in [0.1, 0.15) is 30.8 Å². The second kappa shape index (κ2) is 24.8. The number of hydrogen-bond donors (Lipinski definition) is 1. The van der Waals surface area contributed by atoms with Crippen LogP contribution >= 0.6 is 15.9 Å². The van der Waals surface area contributed by atoms with Crippen LogP contribution in [-0.2, 0) is 22.6 Å². The van der Waals surface area contributed by atoms with Crippen LogP contribution in [0.1, 0.15) is 119 Å². The van der Waals surface area contributed by atoms with Gasteiger partial charge in [0.25, 0.3) is 0 Å². The molecule has 1 saturated heterocycles. The van der Waals surface area contributed by atoms with Crippen molar-refractivity contribution in [3.8, 4) is 0 Å². The molecule has 5 nitrogen and oxygen atoms in total. The Morgan fingerprint density at radius 2 is 1.80 bits per heavy atom. The summed E-state index contributed by atoms with van der Waals surface area (Å²) in [4.78, 5) is 20.0. The van der Waals surface area contributed by atoms with E-state index in [9.17, 15) is 14.7 Å². The van der Waals surface area contributed by atoms with Crippen LogP contribution in [0.5, 0.6) is 0 Å². The topological polar surface area (TPSA) is 59.3 Å². The van der Waals surface area contributed by atoms with E-state index in [4.69, 9.17) is 0 Å². The van der Waals surface area contributed by atoms with Gasteiger partial charge in [-0.2, -0.15) is 0 Å². The molecule has 3 heterocycles. The maximum atomic E-state index is 10.6. The maximum absolute atomic E-state index is 10.6. The molecule has 3 atom stereocenters. The molecule has 0 aliphatic carbocycles. The molecule has 1 aromatic heterocycles. The van der Waals surface area contributed by atoms with Gasteiger partial charge in [0.15, 0.2) is 5.78 Å². The number of nitrogens with zero attached hydrogens (tertiary/aromatic N) is 2. The summed E-state index contributed by atoms with van der Waals surface area (Å²) in [5.74, 6) is 1.31. The fraction of sp³-hybridized carbons (Fsp3) is 0.600. The Hall–Kier alpha value is -2.28. The number of carbonyl (C=O) groups is 2. The van der Waals surface area contributed by atoms with Crippen LogP contribution in [0.25, 0.3) is 10.9 Å². The molecular formula is C40H66BrN2O3+. The summed E-state index contributed by atoms with van der Waals surface area (Å²) in [7, 11) is 0. The zero-order valence-corrected chi connectivity index (χ0v) is 32.2. The van der Waals surface area contributed by atoms with Gasteiger partial charge in [-0.05, 0) is 67.2 Å². The first-order valence-corrected chi connectivity index (χ1v) is 18.6. The Labute approximate surface area is 290 Å². The number of rotatable bonds is 14. The maximum Gasteiger partial charge on any atom is 0.157 e. The van der Waals surface area contributed by atoms with E-state index in [1.165, 1.54) is 66.9 Å². The number of halogens is 1. The summed E-state index contributed by atoms with van der Waals surface area (Å²) in [5, 5.41) is 10.6. The molecule has 260 valence electrons. The van der Waals surface area contributed by atoms with Gasteiger partial charge in [0, 0.05) is 53.8 Å². The van der Waals surface area contributed by atoms with Crippen molar-refractivity contribution in [2.24, 2.45) is 11.8 Å². The molecule has 2 aromatic rings. The van der Waals surface area contributed by atoms with E-state index in [2.05, 4.69) is 97.5 Å². The van der Waals surface area contributed by atoms with E-state index in [0.29, 0.717) is 13.0 Å². The molecule has 2 aliphatic heterocycles. The van der Waals surface area contributed by atoms with Gasteiger partial charge in [-0.25, -0.2) is 0 Å². The molecule has 3 unspecified atom stereocenters. The third-order valence-corrected chi connectivity index (χ3v) is 9.44. The number of allylic oxidation sites excluding steroid dienone is 4. The number of carbonyl (C=O) groups excluding carboxylic acids is 2. The van der Waals surface area contributed by atoms with Gasteiger partial charge in [-0.15, -0.1) is 0 Å². The van der Waals surface area contributed by atoms with Gasteiger partial charge in [0.05, 0.1) is 6.61 Å². The fourth-order valence-corrected chi connectivity index (χ4v) is 5.97. The summed E-state index contributed by atoms with van der Waals surface area (Å²) < 4.78 is 4.37. The molecule has 1 spiro atoms. The lowest BCUT2D eigenvalue weighted by Gasteiger charge is -2.11. The predicted molar refractivity (Wildman–Crippen MR) is 203 cm³/mol. The standard InChI is InChI=1S/C19H22BrN2O.C8H18.C7H12O.C4H8O.C2H6/c1-14-3-2-9-22(14)13-17(22)6-4-15-12-21(8-10-23)19-7-5-16(20)11-18(15)19;1-4-7-8(5-2)6-3;1-4-6(3)7(8)5-2;1-2-3-4-5;1-2/h2-3,5,7,9,11-12,17,23H,4,6,8,10,13H2,1H3;8H,4-7H2,1-3H3;5-6H,2,4H2,1,3H3;4H,2-3H2,1H3;1-2H3/q+1;;;;. The number of hydrogen-bond acceptors (Lipinski definition) is 3. The minimum atomic E-state index is 0.146. The minimum absolute atomic E-state index is 0.146. The van der Waals surface area contributed by atoms with Crippen molar-refractivity contribution in [3.05, 3.63) is 71.1 Å². The third-order valence-electron chi connectivity index (χ3n) is 8.95. The summed E-state index contributed by atoms with van der Waals surface area (Å²) in [6, 6.07) is 7.15. The van der Waals surface area contributed by atoms with Crippen LogP contribution in [0.2, 0.25) is 0 Å². The molecule has 1 aromatic carbocycles. The van der Waals surface area contributed by atoms with Crippen molar-refractivity contribution in [2.45, 2.75) is 133 Å². The number of benzene rings is 1. The molecule has 1 N–H and O–H groups in total. The molecule has 0 amide bonds. The van der Waals surface area contributed by atoms with Crippen molar-refractivity contribution >= 4 is 38.9 Å². The second-order valence-corrected chi connectivity index (χ2v) is 12.9. The van der Waals surface area contributed by atoms with E-state index in [1.807, 2.05) is 34.6 Å². The fourth-order valence-electron chi connectivity index (χ4n) is 5.61. The average molecular weight is 703 g/mol. The first-order chi connectivity index (χ1) is 22.1. The van der Waals surface area contributed by atoms with E-state index in [-0.39, 0.29) is 18.3 Å². The molecule has 2 aliphatic rings. The largest absolute Gasteiger partial charge is 0.395 e. The first-order valence-electron chi connectivity index (χ1n) is 17.8. The number of ketones is 1. The number of fused-ring (bicyclic) bond motifs is 1. The molecular weight excluding hydrogens is 636 g/mol. The van der Waals surface area contributed by atoms with E-state index < -0.39 is 0 Å². The van der Waals surface area contributed by atoms with E-state index in [1.54, 1.807) is 0 Å². The van der Waals surface area contributed by atoms with Gasteiger partial charge >= 0.3 is 0 Å².